The van der Waals surface area contributed by atoms with Crippen molar-refractivity contribution in [2.75, 3.05) is 37.9 Å². The fourth-order valence-electron chi connectivity index (χ4n) is 2.45. The molecular weight excluding hydrogens is 254 g/mol. The molecule has 2 rings (SSSR count). The van der Waals surface area contributed by atoms with E-state index in [4.69, 9.17) is 10.5 Å². The number of nitrogens with one attached hydrogen (secondary N) is 1. The van der Waals surface area contributed by atoms with Gasteiger partial charge in [0.15, 0.2) is 0 Å². The van der Waals surface area contributed by atoms with Crippen molar-refractivity contribution in [3.63, 3.8) is 0 Å². The average molecular weight is 277 g/mol. The zero-order valence-electron chi connectivity index (χ0n) is 12.2. The van der Waals surface area contributed by atoms with E-state index in [1.807, 2.05) is 26.1 Å². The van der Waals surface area contributed by atoms with E-state index < -0.39 is 0 Å². The Morgan fingerprint density at radius 3 is 2.85 bits per heavy atom. The Labute approximate surface area is 120 Å². The predicted octanol–water partition coefficient (Wildman–Crippen LogP) is 1.63. The molecule has 110 valence electrons. The molecule has 1 aliphatic heterocycles. The van der Waals surface area contributed by atoms with E-state index in [-0.39, 0.29) is 5.91 Å². The number of nitrogens with zero attached hydrogens (tertiary/aromatic N) is 1. The van der Waals surface area contributed by atoms with Gasteiger partial charge < -0.3 is 15.8 Å². The highest BCUT2D eigenvalue weighted by Gasteiger charge is 2.20. The van der Waals surface area contributed by atoms with Crippen LogP contribution in [0.2, 0.25) is 0 Å². The molecule has 0 unspecified atom stereocenters. The fraction of sp³-hybridized carbons (Fsp3) is 0.533. The van der Waals surface area contributed by atoms with Gasteiger partial charge in [0.25, 0.3) is 0 Å². The first-order valence-electron chi connectivity index (χ1n) is 7.00. The van der Waals surface area contributed by atoms with Crippen molar-refractivity contribution in [3.8, 4) is 0 Å². The summed E-state index contributed by atoms with van der Waals surface area (Å²) in [5.41, 5.74) is 8.20. The molecule has 1 aromatic rings. The van der Waals surface area contributed by atoms with Crippen LogP contribution in [0, 0.1) is 6.92 Å². The number of nitrogen functional groups attached to an aromatic ring is 1. The molecule has 0 saturated carbocycles. The highest BCUT2D eigenvalue weighted by Crippen LogP contribution is 2.18. The standard InChI is InChI=1S/C15H23N3O2/c1-11-3-4-12(16)9-14(11)17-15(19)10-18(2)13-5-7-20-8-6-13/h3-4,9,13H,5-8,10,16H2,1-2H3,(H,17,19). The first kappa shape index (κ1) is 14.8. The second-order valence-corrected chi connectivity index (χ2v) is 5.38. The lowest BCUT2D eigenvalue weighted by Gasteiger charge is -2.30. The molecule has 1 amide bonds. The summed E-state index contributed by atoms with van der Waals surface area (Å²) in [6, 6.07) is 5.96. The van der Waals surface area contributed by atoms with Gasteiger partial charge in [-0.3, -0.25) is 9.69 Å². The summed E-state index contributed by atoms with van der Waals surface area (Å²) in [6.45, 7) is 3.91. The lowest BCUT2D eigenvalue weighted by Crippen LogP contribution is -2.41. The van der Waals surface area contributed by atoms with Gasteiger partial charge in [-0.05, 0) is 44.5 Å². The van der Waals surface area contributed by atoms with Crippen molar-refractivity contribution in [2.45, 2.75) is 25.8 Å². The number of likely N-dealkylation sites (N-methyl/N-ethyl adjacent to an activating group) is 1. The van der Waals surface area contributed by atoms with Gasteiger partial charge in [-0.2, -0.15) is 0 Å². The number of carbonyl (C=O) groups excluding carboxylic acids is 1. The minimum atomic E-state index is -0.00677. The topological polar surface area (TPSA) is 67.6 Å². The van der Waals surface area contributed by atoms with E-state index in [0.29, 0.717) is 18.3 Å². The molecule has 0 bridgehead atoms. The number of carbonyl (C=O) groups is 1. The monoisotopic (exact) mass is 277 g/mol. The summed E-state index contributed by atoms with van der Waals surface area (Å²) in [4.78, 5) is 14.2. The van der Waals surface area contributed by atoms with Crippen molar-refractivity contribution >= 4 is 17.3 Å². The molecule has 0 radical (unpaired) electrons. The van der Waals surface area contributed by atoms with Crippen LogP contribution in [0.4, 0.5) is 11.4 Å². The van der Waals surface area contributed by atoms with Crippen LogP contribution in [0.3, 0.4) is 0 Å². The third-order valence-electron chi connectivity index (χ3n) is 3.74. The molecule has 5 heteroatoms. The molecule has 1 heterocycles. The number of amides is 1. The van der Waals surface area contributed by atoms with Crippen LogP contribution < -0.4 is 11.1 Å². The molecule has 1 fully saturated rings. The molecule has 1 saturated heterocycles. The molecule has 1 aromatic carbocycles. The highest BCUT2D eigenvalue weighted by atomic mass is 16.5. The van der Waals surface area contributed by atoms with E-state index in [9.17, 15) is 4.79 Å². The van der Waals surface area contributed by atoms with Crippen LogP contribution in [0.1, 0.15) is 18.4 Å². The van der Waals surface area contributed by atoms with Gasteiger partial charge >= 0.3 is 0 Å². The van der Waals surface area contributed by atoms with E-state index in [1.165, 1.54) is 0 Å². The maximum absolute atomic E-state index is 12.1. The van der Waals surface area contributed by atoms with Gasteiger partial charge in [0.1, 0.15) is 0 Å². The minimum Gasteiger partial charge on any atom is -0.399 e. The number of ether oxygens (including phenoxy) is 1. The molecule has 1 aliphatic rings. The summed E-state index contributed by atoms with van der Waals surface area (Å²) in [6.07, 6.45) is 1.97. The molecule has 0 spiro atoms. The molecule has 0 aliphatic carbocycles. The summed E-state index contributed by atoms with van der Waals surface area (Å²) in [7, 11) is 1.99. The number of rotatable bonds is 4. The largest absolute Gasteiger partial charge is 0.399 e. The molecule has 3 N–H and O–H groups in total. The van der Waals surface area contributed by atoms with Crippen LogP contribution in [-0.4, -0.2) is 43.7 Å². The third-order valence-corrected chi connectivity index (χ3v) is 3.74. The highest BCUT2D eigenvalue weighted by molar-refractivity contribution is 5.93. The second kappa shape index (κ2) is 6.72. The van der Waals surface area contributed by atoms with Crippen LogP contribution in [0.25, 0.3) is 0 Å². The first-order chi connectivity index (χ1) is 9.56. The minimum absolute atomic E-state index is 0.00677. The summed E-state index contributed by atoms with van der Waals surface area (Å²) in [5.74, 6) is -0.00677. The Balaban J connectivity index is 1.89. The summed E-state index contributed by atoms with van der Waals surface area (Å²) < 4.78 is 5.34. The van der Waals surface area contributed by atoms with Crippen LogP contribution >= 0.6 is 0 Å². The smallest absolute Gasteiger partial charge is 0.238 e. The van der Waals surface area contributed by atoms with Crippen molar-refractivity contribution in [1.82, 2.24) is 4.90 Å². The second-order valence-electron chi connectivity index (χ2n) is 5.38. The SMILES string of the molecule is Cc1ccc(N)cc1NC(=O)CN(C)C1CCOCC1. The zero-order valence-corrected chi connectivity index (χ0v) is 12.2. The van der Waals surface area contributed by atoms with Crippen molar-refractivity contribution in [2.24, 2.45) is 0 Å². The van der Waals surface area contributed by atoms with Gasteiger partial charge in [-0.1, -0.05) is 6.07 Å². The van der Waals surface area contributed by atoms with Crippen LogP contribution in [0.15, 0.2) is 18.2 Å². The lowest BCUT2D eigenvalue weighted by molar-refractivity contribution is -0.118. The van der Waals surface area contributed by atoms with E-state index in [1.54, 1.807) is 6.07 Å². The average Bonchev–Trinajstić information content (AvgIpc) is 2.43. The zero-order chi connectivity index (χ0) is 14.5. The molecule has 5 nitrogen and oxygen atoms in total. The van der Waals surface area contributed by atoms with Gasteiger partial charge in [0.05, 0.1) is 6.54 Å². The maximum atomic E-state index is 12.1. The number of aryl methyl sites for hydroxylation is 1. The Kier molecular flexibility index (Phi) is 4.98. The third kappa shape index (κ3) is 3.95. The van der Waals surface area contributed by atoms with E-state index >= 15 is 0 Å². The Hall–Kier alpha value is -1.59. The molecule has 20 heavy (non-hydrogen) atoms. The number of nitrogens with two attached hydrogens (primary N) is 1. The van der Waals surface area contributed by atoms with Gasteiger partial charge in [0, 0.05) is 30.6 Å². The van der Waals surface area contributed by atoms with E-state index in [2.05, 4.69) is 10.2 Å². The van der Waals surface area contributed by atoms with E-state index in [0.717, 1.165) is 37.3 Å². The van der Waals surface area contributed by atoms with Crippen LogP contribution in [-0.2, 0) is 9.53 Å². The van der Waals surface area contributed by atoms with Crippen LogP contribution in [0.5, 0.6) is 0 Å². The Morgan fingerprint density at radius 2 is 2.15 bits per heavy atom. The number of benzene rings is 1. The molecule has 0 atom stereocenters. The number of hydrogen-bond acceptors (Lipinski definition) is 4. The normalized spacial score (nSPS) is 16.4. The van der Waals surface area contributed by atoms with Gasteiger partial charge in [-0.15, -0.1) is 0 Å². The summed E-state index contributed by atoms with van der Waals surface area (Å²) in [5, 5.41) is 2.93. The Bertz CT molecular complexity index is 470. The fourth-order valence-corrected chi connectivity index (χ4v) is 2.45. The maximum Gasteiger partial charge on any atom is 0.238 e. The first-order valence-corrected chi connectivity index (χ1v) is 7.00. The molecular formula is C15H23N3O2. The Morgan fingerprint density at radius 1 is 1.45 bits per heavy atom. The van der Waals surface area contributed by atoms with Gasteiger partial charge in [-0.25, -0.2) is 0 Å². The van der Waals surface area contributed by atoms with Gasteiger partial charge in [0.2, 0.25) is 5.91 Å². The lowest BCUT2D eigenvalue weighted by atomic mass is 10.1. The summed E-state index contributed by atoms with van der Waals surface area (Å²) >= 11 is 0. The molecule has 0 aromatic heterocycles. The number of anilines is 2. The predicted molar refractivity (Wildman–Crippen MR) is 80.7 cm³/mol. The van der Waals surface area contributed by atoms with Crippen molar-refractivity contribution in [3.05, 3.63) is 23.8 Å². The quantitative estimate of drug-likeness (QED) is 0.821. The van der Waals surface area contributed by atoms with Crippen molar-refractivity contribution < 1.29 is 9.53 Å². The van der Waals surface area contributed by atoms with Crippen molar-refractivity contribution in [1.29, 1.82) is 0 Å². The number of hydrogen-bond donors (Lipinski definition) is 2.